The van der Waals surface area contributed by atoms with Gasteiger partial charge >= 0.3 is 5.97 Å². The van der Waals surface area contributed by atoms with E-state index in [9.17, 15) is 39.0 Å². The molecule has 2 saturated heterocycles. The minimum absolute atomic E-state index is 0.0753. The van der Waals surface area contributed by atoms with Crippen LogP contribution in [0.1, 0.15) is 119 Å². The van der Waals surface area contributed by atoms with Crippen molar-refractivity contribution < 1.29 is 62.7 Å². The number of amides is 1. The summed E-state index contributed by atoms with van der Waals surface area (Å²) in [6, 6.07) is -1.16. The molecule has 0 radical (unpaired) electrons. The maximum atomic E-state index is 14.2. The van der Waals surface area contributed by atoms with E-state index in [-0.39, 0.29) is 60.8 Å². The minimum atomic E-state index is -2.45. The normalized spacial score (nSPS) is 28.4. The number of esters is 1. The number of aliphatic hydroxyl groups excluding tert-OH is 1. The summed E-state index contributed by atoms with van der Waals surface area (Å²) in [6.07, 6.45) is 16.8. The van der Waals surface area contributed by atoms with Gasteiger partial charge in [-0.05, 0) is 101 Å². The number of allylic oxidation sites excluding steroid dienone is 9. The number of methoxy groups -OCH3 is 3. The largest absolute Gasteiger partial charge is 0.429 e. The molecule has 12 atom stereocenters. The number of aldehydes is 1. The lowest BCUT2D eigenvalue weighted by atomic mass is 9.80. The molecule has 0 aromatic rings. The molecule has 364 valence electrons. The van der Waals surface area contributed by atoms with Crippen LogP contribution in [-0.4, -0.2) is 121 Å². The zero-order valence-corrected chi connectivity index (χ0v) is 40.5. The molecule has 14 nitrogen and oxygen atoms in total. The van der Waals surface area contributed by atoms with E-state index in [1.54, 1.807) is 35.0 Å². The first-order valence-electron chi connectivity index (χ1n) is 23.4. The first-order chi connectivity index (χ1) is 30.8. The predicted molar refractivity (Wildman–Crippen MR) is 246 cm³/mol. The number of rotatable bonds is 24. The summed E-state index contributed by atoms with van der Waals surface area (Å²) in [5, 5.41) is 22.3. The Morgan fingerprint density at radius 2 is 1.63 bits per heavy atom. The Kier molecular flexibility index (Phi) is 23.0. The standard InChI is InChI=1S/C51H77NO13/c1-32(24-36(5)44(56)31-61-8)16-12-11-13-17-34(3)45(62-9)28-40-21-19-38(7)51(60,65-40)48(57)49(58)52-23-15-14-18-41(52)50(59)64-46(29-43(55)35(4)25-33(2)30-53)37(6)26-39-20-22-42(54)47(27-39)63-10/h11-13,16-17,25,29-30,32,35-42,45,47,54,60H,14-15,18-24,26-28,31H2,1-10H3/b13-11+,16-12+,33-25+,34-17+,46-29-/t32-,35-,36-,37-,38-,39?,40+,41+,42-,45+,47-,51-/m1/s1. The second kappa shape index (κ2) is 27.0. The number of ether oxygens (including phenoxy) is 5. The molecular formula is C51H77NO13. The predicted octanol–water partition coefficient (Wildman–Crippen LogP) is 6.76. The Morgan fingerprint density at radius 3 is 2.29 bits per heavy atom. The van der Waals surface area contributed by atoms with Crippen LogP contribution in [0.4, 0.5) is 0 Å². The zero-order valence-electron chi connectivity index (χ0n) is 40.5. The molecule has 0 aromatic heterocycles. The van der Waals surface area contributed by atoms with Crippen LogP contribution < -0.4 is 0 Å². The molecule has 2 N–H and O–H groups in total. The van der Waals surface area contributed by atoms with Gasteiger partial charge in [0, 0.05) is 64.0 Å². The summed E-state index contributed by atoms with van der Waals surface area (Å²) in [4.78, 5) is 80.4. The highest BCUT2D eigenvalue weighted by Crippen LogP contribution is 2.37. The lowest BCUT2D eigenvalue weighted by Crippen LogP contribution is -2.60. The third-order valence-corrected chi connectivity index (χ3v) is 13.3. The Morgan fingerprint density at radius 1 is 0.908 bits per heavy atom. The van der Waals surface area contributed by atoms with Crippen molar-refractivity contribution in [2.45, 2.75) is 155 Å². The number of likely N-dealkylation sites (tertiary alicyclic amines) is 1. The number of carbonyl (C=O) groups excluding carboxylic acids is 6. The lowest BCUT2D eigenvalue weighted by molar-refractivity contribution is -0.265. The Balaban J connectivity index is 1.75. The monoisotopic (exact) mass is 912 g/mol. The van der Waals surface area contributed by atoms with Gasteiger partial charge in [-0.25, -0.2) is 4.79 Å². The number of nitrogens with zero attached hydrogens (tertiary/aromatic N) is 1. The Bertz CT molecular complexity index is 1780. The molecule has 1 amide bonds. The van der Waals surface area contributed by atoms with Crippen molar-refractivity contribution in [3.05, 3.63) is 59.4 Å². The minimum Gasteiger partial charge on any atom is -0.429 e. The quantitative estimate of drug-likeness (QED) is 0.0258. The zero-order chi connectivity index (χ0) is 48.4. The first-order valence-corrected chi connectivity index (χ1v) is 23.4. The molecule has 2 heterocycles. The van der Waals surface area contributed by atoms with Gasteiger partial charge in [-0.2, -0.15) is 0 Å². The van der Waals surface area contributed by atoms with E-state index in [1.165, 1.54) is 19.3 Å². The topological polar surface area (TPSA) is 192 Å². The highest BCUT2D eigenvalue weighted by atomic mass is 16.6. The number of aliphatic hydroxyl groups is 2. The summed E-state index contributed by atoms with van der Waals surface area (Å²) >= 11 is 0. The van der Waals surface area contributed by atoms with Crippen molar-refractivity contribution in [1.82, 2.24) is 4.90 Å². The van der Waals surface area contributed by atoms with Crippen LogP contribution in [0.25, 0.3) is 0 Å². The fourth-order valence-electron chi connectivity index (χ4n) is 9.12. The van der Waals surface area contributed by atoms with Crippen LogP contribution in [-0.2, 0) is 52.5 Å². The van der Waals surface area contributed by atoms with Crippen LogP contribution in [0.3, 0.4) is 0 Å². The van der Waals surface area contributed by atoms with Gasteiger partial charge < -0.3 is 38.8 Å². The second-order valence-corrected chi connectivity index (χ2v) is 18.8. The van der Waals surface area contributed by atoms with Gasteiger partial charge in [0.2, 0.25) is 5.79 Å². The van der Waals surface area contributed by atoms with Crippen molar-refractivity contribution in [2.24, 2.45) is 35.5 Å². The van der Waals surface area contributed by atoms with Gasteiger partial charge in [0.1, 0.15) is 24.7 Å². The second-order valence-electron chi connectivity index (χ2n) is 18.8. The van der Waals surface area contributed by atoms with Gasteiger partial charge in [0.05, 0.1) is 24.4 Å². The lowest BCUT2D eigenvalue weighted by Gasteiger charge is -2.42. The van der Waals surface area contributed by atoms with E-state index in [0.717, 1.165) is 16.9 Å². The van der Waals surface area contributed by atoms with Crippen LogP contribution in [0.2, 0.25) is 0 Å². The Hall–Kier alpha value is -3.92. The van der Waals surface area contributed by atoms with E-state index in [2.05, 4.69) is 6.92 Å². The highest BCUT2D eigenvalue weighted by Gasteiger charge is 2.53. The van der Waals surface area contributed by atoms with E-state index in [0.29, 0.717) is 69.6 Å². The van der Waals surface area contributed by atoms with Crippen LogP contribution in [0.5, 0.6) is 0 Å². The summed E-state index contributed by atoms with van der Waals surface area (Å²) in [5.41, 5.74) is 1.27. The Labute approximate surface area is 386 Å². The summed E-state index contributed by atoms with van der Waals surface area (Å²) in [6.45, 7) is 12.8. The molecule has 0 aromatic carbocycles. The van der Waals surface area contributed by atoms with Crippen molar-refractivity contribution in [2.75, 3.05) is 34.5 Å². The molecule has 3 rings (SSSR count). The average molecular weight is 912 g/mol. The van der Waals surface area contributed by atoms with Crippen molar-refractivity contribution in [3.63, 3.8) is 0 Å². The van der Waals surface area contributed by atoms with Crippen molar-refractivity contribution in [3.8, 4) is 0 Å². The third kappa shape index (κ3) is 16.4. The van der Waals surface area contributed by atoms with Crippen LogP contribution >= 0.6 is 0 Å². The third-order valence-electron chi connectivity index (χ3n) is 13.3. The number of Topliss-reactive ketones (excluding diaryl/α,β-unsaturated/α-hetero) is 2. The molecule has 1 aliphatic carbocycles. The van der Waals surface area contributed by atoms with Crippen LogP contribution in [0.15, 0.2) is 59.4 Å². The van der Waals surface area contributed by atoms with Gasteiger partial charge in [-0.15, -0.1) is 0 Å². The van der Waals surface area contributed by atoms with Gasteiger partial charge in [0.15, 0.2) is 11.6 Å². The highest BCUT2D eigenvalue weighted by molar-refractivity contribution is 6.39. The summed E-state index contributed by atoms with van der Waals surface area (Å²) in [7, 11) is 4.64. The SMILES string of the molecule is COCC(=O)[C@H](C)C[C@H](C)/C=C/C=C/C=C(\C)[C@H](C[C@@H]1CC[C@@H](C)[C@](O)(C(=O)C(=O)N2CCCC[C@H]2C(=O)O/C(=C\C(=O)[C@H](C)/C=C(\C)C=O)[C@H](C)CC2CC[C@@H](O)[C@H](OC)C2)O1)OC. The fraction of sp³-hybridized carbons (Fsp3) is 0.686. The number of carbonyl (C=O) groups is 6. The van der Waals surface area contributed by atoms with E-state index >= 15 is 0 Å². The van der Waals surface area contributed by atoms with E-state index in [1.807, 2.05) is 51.2 Å². The molecule has 14 heteroatoms. The molecule has 1 saturated carbocycles. The molecule has 3 aliphatic rings. The fourth-order valence-corrected chi connectivity index (χ4v) is 9.12. The molecule has 3 fully saturated rings. The molecular weight excluding hydrogens is 835 g/mol. The molecule has 65 heavy (non-hydrogen) atoms. The molecule has 0 bridgehead atoms. The smallest absolute Gasteiger partial charge is 0.333 e. The summed E-state index contributed by atoms with van der Waals surface area (Å²) in [5.74, 6) is -7.28. The first kappa shape index (κ1) is 55.4. The molecule has 0 spiro atoms. The number of hydrogen-bond acceptors (Lipinski definition) is 13. The summed E-state index contributed by atoms with van der Waals surface area (Å²) < 4.78 is 28.4. The number of hydrogen-bond donors (Lipinski definition) is 2. The van der Waals surface area contributed by atoms with Gasteiger partial charge in [0.25, 0.3) is 11.7 Å². The average Bonchev–Trinajstić information content (AvgIpc) is 3.28. The molecule has 1 unspecified atom stereocenters. The molecule has 2 aliphatic heterocycles. The number of ketones is 3. The van der Waals surface area contributed by atoms with Gasteiger partial charge in [-0.3, -0.25) is 24.0 Å². The maximum absolute atomic E-state index is 14.2. The maximum Gasteiger partial charge on any atom is 0.333 e. The van der Waals surface area contributed by atoms with Crippen LogP contribution in [0, 0.1) is 35.5 Å². The van der Waals surface area contributed by atoms with Crippen molar-refractivity contribution >= 4 is 35.5 Å². The number of piperidine rings is 1. The van der Waals surface area contributed by atoms with E-state index in [4.69, 9.17) is 23.7 Å². The van der Waals surface area contributed by atoms with Crippen molar-refractivity contribution in [1.29, 1.82) is 0 Å². The van der Waals surface area contributed by atoms with Gasteiger partial charge in [-0.1, -0.05) is 71.1 Å². The van der Waals surface area contributed by atoms with E-state index < -0.39 is 65.6 Å².